The smallest absolute Gasteiger partial charge is 0.306 e. The number of allylic oxidation sites excluding steroid dienone is 12. The van der Waals surface area contributed by atoms with Crippen molar-refractivity contribution in [2.24, 2.45) is 0 Å². The summed E-state index contributed by atoms with van der Waals surface area (Å²) in [6, 6.07) is 0. The second kappa shape index (κ2) is 59.4. The van der Waals surface area contributed by atoms with E-state index in [9.17, 15) is 14.4 Å². The van der Waals surface area contributed by atoms with Gasteiger partial charge >= 0.3 is 17.9 Å². The summed E-state index contributed by atoms with van der Waals surface area (Å²) >= 11 is 0. The van der Waals surface area contributed by atoms with Gasteiger partial charge < -0.3 is 14.2 Å². The molecule has 0 rings (SSSR count). The van der Waals surface area contributed by atoms with Gasteiger partial charge in [0.15, 0.2) is 6.10 Å². The average molecular weight is 992 g/mol. The molecule has 6 heteroatoms. The Morgan fingerprint density at radius 2 is 0.521 bits per heavy atom. The van der Waals surface area contributed by atoms with E-state index in [1.165, 1.54) is 161 Å². The predicted molar refractivity (Wildman–Crippen MR) is 307 cm³/mol. The van der Waals surface area contributed by atoms with E-state index < -0.39 is 6.10 Å². The molecule has 0 spiro atoms. The van der Waals surface area contributed by atoms with Gasteiger partial charge in [0.1, 0.15) is 13.2 Å². The van der Waals surface area contributed by atoms with Gasteiger partial charge in [-0.2, -0.15) is 0 Å². The maximum absolute atomic E-state index is 12.8. The maximum Gasteiger partial charge on any atom is 0.306 e. The summed E-state index contributed by atoms with van der Waals surface area (Å²) in [5.74, 6) is -0.902. The third-order valence-corrected chi connectivity index (χ3v) is 13.2. The molecular weight excluding hydrogens is 877 g/mol. The Balaban J connectivity index is 4.31. The molecule has 0 aliphatic rings. The van der Waals surface area contributed by atoms with E-state index in [0.29, 0.717) is 19.3 Å². The summed E-state index contributed by atoms with van der Waals surface area (Å²) < 4.78 is 16.9. The number of carbonyl (C=O) groups is 3. The van der Waals surface area contributed by atoms with Crippen LogP contribution in [0.4, 0.5) is 0 Å². The zero-order valence-corrected chi connectivity index (χ0v) is 47.0. The van der Waals surface area contributed by atoms with Crippen LogP contribution in [0.15, 0.2) is 72.9 Å². The van der Waals surface area contributed by atoms with Crippen molar-refractivity contribution in [1.29, 1.82) is 0 Å². The third-order valence-electron chi connectivity index (χ3n) is 13.2. The van der Waals surface area contributed by atoms with Crippen molar-refractivity contribution < 1.29 is 28.6 Å². The normalized spacial score (nSPS) is 12.5. The second-order valence-corrected chi connectivity index (χ2v) is 20.2. The highest BCUT2D eigenvalue weighted by Gasteiger charge is 2.19. The summed E-state index contributed by atoms with van der Waals surface area (Å²) in [6.45, 7) is 6.58. The van der Waals surface area contributed by atoms with Gasteiger partial charge in [-0.3, -0.25) is 14.4 Å². The Morgan fingerprint density at radius 3 is 0.845 bits per heavy atom. The third kappa shape index (κ3) is 57.6. The Bertz CT molecular complexity index is 1320. The highest BCUT2D eigenvalue weighted by molar-refractivity contribution is 5.71. The summed E-state index contributed by atoms with van der Waals surface area (Å²) in [6.07, 6.45) is 76.1. The van der Waals surface area contributed by atoms with Crippen LogP contribution in [-0.4, -0.2) is 37.2 Å². The summed E-state index contributed by atoms with van der Waals surface area (Å²) in [4.78, 5) is 38.2. The first kappa shape index (κ1) is 67.8. The van der Waals surface area contributed by atoms with Gasteiger partial charge in [0.2, 0.25) is 0 Å². The topological polar surface area (TPSA) is 78.9 Å². The van der Waals surface area contributed by atoms with Crippen molar-refractivity contribution in [2.75, 3.05) is 13.2 Å². The number of unbranched alkanes of at least 4 members (excludes halogenated alkanes) is 32. The van der Waals surface area contributed by atoms with E-state index in [-0.39, 0.29) is 31.1 Å². The molecule has 0 aromatic carbocycles. The molecule has 0 saturated heterocycles. The molecule has 1 unspecified atom stereocenters. The first-order valence-corrected chi connectivity index (χ1v) is 30.4. The molecule has 0 aromatic rings. The Kier molecular flexibility index (Phi) is 56.8. The van der Waals surface area contributed by atoms with Crippen molar-refractivity contribution in [3.63, 3.8) is 0 Å². The van der Waals surface area contributed by atoms with Gasteiger partial charge in [-0.05, 0) is 109 Å². The fraction of sp³-hybridized carbons (Fsp3) is 0.769. The minimum Gasteiger partial charge on any atom is -0.462 e. The molecule has 410 valence electrons. The number of carbonyl (C=O) groups excluding carboxylic acids is 3. The van der Waals surface area contributed by atoms with Crippen molar-refractivity contribution in [3.8, 4) is 0 Å². The summed E-state index contributed by atoms with van der Waals surface area (Å²) in [5.41, 5.74) is 0. The lowest BCUT2D eigenvalue weighted by Crippen LogP contribution is -2.30. The fourth-order valence-electron chi connectivity index (χ4n) is 8.52. The van der Waals surface area contributed by atoms with Crippen LogP contribution in [0.2, 0.25) is 0 Å². The molecule has 0 aromatic heterocycles. The van der Waals surface area contributed by atoms with Crippen LogP contribution in [0.5, 0.6) is 0 Å². The predicted octanol–water partition coefficient (Wildman–Crippen LogP) is 20.5. The van der Waals surface area contributed by atoms with Crippen LogP contribution in [0.1, 0.15) is 303 Å². The number of rotatable bonds is 55. The van der Waals surface area contributed by atoms with Crippen LogP contribution >= 0.6 is 0 Å². The molecule has 71 heavy (non-hydrogen) atoms. The van der Waals surface area contributed by atoms with E-state index in [0.717, 1.165) is 103 Å². The minimum atomic E-state index is -0.788. The molecule has 0 radical (unpaired) electrons. The molecular formula is C65H114O6. The lowest BCUT2D eigenvalue weighted by Gasteiger charge is -2.18. The van der Waals surface area contributed by atoms with E-state index in [1.54, 1.807) is 0 Å². The van der Waals surface area contributed by atoms with Gasteiger partial charge in [0.25, 0.3) is 0 Å². The maximum atomic E-state index is 12.8. The lowest BCUT2D eigenvalue weighted by molar-refractivity contribution is -0.167. The van der Waals surface area contributed by atoms with Crippen molar-refractivity contribution in [3.05, 3.63) is 72.9 Å². The monoisotopic (exact) mass is 991 g/mol. The molecule has 1 atom stereocenters. The van der Waals surface area contributed by atoms with Crippen molar-refractivity contribution in [2.45, 2.75) is 309 Å². The molecule has 0 saturated carbocycles. The van der Waals surface area contributed by atoms with Gasteiger partial charge in [-0.1, -0.05) is 248 Å². The van der Waals surface area contributed by atoms with Gasteiger partial charge in [-0.15, -0.1) is 0 Å². The van der Waals surface area contributed by atoms with Crippen LogP contribution in [-0.2, 0) is 28.6 Å². The molecule has 0 bridgehead atoms. The molecule has 0 aliphatic carbocycles. The number of hydrogen-bond acceptors (Lipinski definition) is 6. The highest BCUT2D eigenvalue weighted by Crippen LogP contribution is 2.15. The van der Waals surface area contributed by atoms with Gasteiger partial charge in [0.05, 0.1) is 0 Å². The SMILES string of the molecule is CCCC/C=C\C/C=C\CCCCCCCC(=O)OC(COC(=O)CCCCCCC/C=C\CCCCCCC)COC(=O)CCCCCCCCCCCC/C=C\C/C=C\C/C=C\CCCCCCC. The molecule has 0 fully saturated rings. The molecule has 0 aliphatic heterocycles. The van der Waals surface area contributed by atoms with Crippen LogP contribution in [0.3, 0.4) is 0 Å². The van der Waals surface area contributed by atoms with Gasteiger partial charge in [-0.25, -0.2) is 0 Å². The first-order valence-electron chi connectivity index (χ1n) is 30.4. The Labute approximate surface area is 440 Å². The minimum absolute atomic E-state index is 0.0850. The Hall–Kier alpha value is -3.15. The van der Waals surface area contributed by atoms with Crippen molar-refractivity contribution >= 4 is 17.9 Å². The summed E-state index contributed by atoms with van der Waals surface area (Å²) in [7, 11) is 0. The Morgan fingerprint density at radius 1 is 0.282 bits per heavy atom. The molecule has 0 amide bonds. The largest absolute Gasteiger partial charge is 0.462 e. The van der Waals surface area contributed by atoms with Crippen LogP contribution in [0.25, 0.3) is 0 Å². The first-order chi connectivity index (χ1) is 35.0. The van der Waals surface area contributed by atoms with Gasteiger partial charge in [0, 0.05) is 19.3 Å². The fourth-order valence-corrected chi connectivity index (χ4v) is 8.52. The zero-order chi connectivity index (χ0) is 51.4. The quantitative estimate of drug-likeness (QED) is 0.0261. The highest BCUT2D eigenvalue weighted by atomic mass is 16.6. The van der Waals surface area contributed by atoms with Crippen molar-refractivity contribution in [1.82, 2.24) is 0 Å². The molecule has 0 heterocycles. The molecule has 0 N–H and O–H groups in total. The second-order valence-electron chi connectivity index (χ2n) is 20.2. The molecule has 6 nitrogen and oxygen atoms in total. The standard InChI is InChI=1S/C65H114O6/c1-4-7-10-13-16-19-22-25-28-29-30-31-32-33-34-35-36-37-38-41-43-46-49-52-55-58-64(67)70-61-62(71-65(68)59-56-53-50-47-44-40-27-24-21-18-15-12-9-6-3)60-69-63(66)57-54-51-48-45-42-39-26-23-20-17-14-11-8-5-2/h15,18,22-27,29-30,32-33,62H,4-14,16-17,19-21,28,31,34-61H2,1-3H3/b18-15-,25-22-,26-23-,27-24-,30-29-,33-32-. The number of hydrogen-bond donors (Lipinski definition) is 0. The zero-order valence-electron chi connectivity index (χ0n) is 47.0. The van der Waals surface area contributed by atoms with Crippen LogP contribution in [0, 0.1) is 0 Å². The lowest BCUT2D eigenvalue weighted by atomic mass is 10.1. The van der Waals surface area contributed by atoms with E-state index in [1.807, 2.05) is 0 Å². The van der Waals surface area contributed by atoms with E-state index in [2.05, 4.69) is 93.7 Å². The van der Waals surface area contributed by atoms with E-state index >= 15 is 0 Å². The van der Waals surface area contributed by atoms with E-state index in [4.69, 9.17) is 14.2 Å². The average Bonchev–Trinajstić information content (AvgIpc) is 3.37. The summed E-state index contributed by atoms with van der Waals surface area (Å²) in [5, 5.41) is 0. The number of ether oxygens (including phenoxy) is 3. The number of esters is 3. The van der Waals surface area contributed by atoms with Crippen LogP contribution < -0.4 is 0 Å².